The van der Waals surface area contributed by atoms with E-state index < -0.39 is 0 Å². The van der Waals surface area contributed by atoms with Crippen LogP contribution in [0.15, 0.2) is 48.5 Å². The summed E-state index contributed by atoms with van der Waals surface area (Å²) in [6.07, 6.45) is 0.195. The lowest BCUT2D eigenvalue weighted by Crippen LogP contribution is -2.34. The predicted molar refractivity (Wildman–Crippen MR) is 102 cm³/mol. The van der Waals surface area contributed by atoms with Crippen molar-refractivity contribution in [1.82, 2.24) is 10.6 Å². The number of amides is 3. The van der Waals surface area contributed by atoms with E-state index >= 15 is 0 Å². The van der Waals surface area contributed by atoms with Crippen molar-refractivity contribution in [1.29, 1.82) is 0 Å². The van der Waals surface area contributed by atoms with Crippen molar-refractivity contribution in [2.24, 2.45) is 0 Å². The Morgan fingerprint density at radius 2 is 1.85 bits per heavy atom. The van der Waals surface area contributed by atoms with Gasteiger partial charge in [-0.05, 0) is 32.0 Å². The fraction of sp³-hybridized carbons (Fsp3) is 0.300. The van der Waals surface area contributed by atoms with Gasteiger partial charge in [0, 0.05) is 24.2 Å². The van der Waals surface area contributed by atoms with Crippen LogP contribution < -0.4 is 20.7 Å². The lowest BCUT2D eigenvalue weighted by molar-refractivity contribution is -0.121. The van der Waals surface area contributed by atoms with Gasteiger partial charge < -0.3 is 20.7 Å². The second-order valence-electron chi connectivity index (χ2n) is 6.03. The fourth-order valence-corrected chi connectivity index (χ4v) is 2.57. The molecule has 0 aliphatic carbocycles. The molecular weight excluding hydrogens is 330 g/mol. The molecule has 0 saturated carbocycles. The van der Waals surface area contributed by atoms with Crippen LogP contribution in [0, 0.1) is 6.92 Å². The second kappa shape index (κ2) is 9.46. The molecule has 6 nitrogen and oxygen atoms in total. The fourth-order valence-electron chi connectivity index (χ4n) is 2.57. The molecule has 1 atom stereocenters. The number of rotatable bonds is 7. The number of aryl methyl sites for hydroxylation is 1. The molecule has 2 aromatic carbocycles. The van der Waals surface area contributed by atoms with E-state index in [1.807, 2.05) is 50.2 Å². The van der Waals surface area contributed by atoms with E-state index in [-0.39, 0.29) is 30.9 Å². The van der Waals surface area contributed by atoms with Crippen molar-refractivity contribution in [3.8, 4) is 5.75 Å². The van der Waals surface area contributed by atoms with Crippen molar-refractivity contribution in [2.75, 3.05) is 19.0 Å². The number of methoxy groups -OCH3 is 1. The maximum Gasteiger partial charge on any atom is 0.319 e. The highest BCUT2D eigenvalue weighted by Gasteiger charge is 2.14. The summed E-state index contributed by atoms with van der Waals surface area (Å²) in [6.45, 7) is 4.15. The smallest absolute Gasteiger partial charge is 0.319 e. The molecule has 1 unspecified atom stereocenters. The van der Waals surface area contributed by atoms with Crippen LogP contribution in [0.5, 0.6) is 5.75 Å². The molecule has 2 rings (SSSR count). The number of nitrogens with one attached hydrogen (secondary N) is 3. The van der Waals surface area contributed by atoms with Gasteiger partial charge in [0.1, 0.15) is 5.75 Å². The Bertz CT molecular complexity index is 747. The Kier molecular flexibility index (Phi) is 7.02. The molecule has 0 heterocycles. The van der Waals surface area contributed by atoms with E-state index in [0.717, 1.165) is 16.9 Å². The number of carbonyl (C=O) groups excluding carboxylic acids is 2. The molecule has 0 radical (unpaired) electrons. The molecule has 0 saturated heterocycles. The van der Waals surface area contributed by atoms with Crippen molar-refractivity contribution < 1.29 is 14.3 Å². The number of anilines is 1. The van der Waals surface area contributed by atoms with Gasteiger partial charge in [-0.15, -0.1) is 0 Å². The minimum Gasteiger partial charge on any atom is -0.496 e. The van der Waals surface area contributed by atoms with Gasteiger partial charge in [-0.1, -0.05) is 35.9 Å². The summed E-state index contributed by atoms with van der Waals surface area (Å²) in [4.78, 5) is 23.9. The highest BCUT2D eigenvalue weighted by Crippen LogP contribution is 2.26. The van der Waals surface area contributed by atoms with E-state index in [9.17, 15) is 9.59 Å². The number of benzene rings is 2. The second-order valence-corrected chi connectivity index (χ2v) is 6.03. The third-order valence-electron chi connectivity index (χ3n) is 3.90. The van der Waals surface area contributed by atoms with Crippen LogP contribution in [0.3, 0.4) is 0 Å². The summed E-state index contributed by atoms with van der Waals surface area (Å²) in [5, 5.41) is 8.31. The molecule has 0 aliphatic rings. The summed E-state index contributed by atoms with van der Waals surface area (Å²) in [5.74, 6) is 0.602. The van der Waals surface area contributed by atoms with E-state index in [0.29, 0.717) is 5.69 Å². The van der Waals surface area contributed by atoms with Gasteiger partial charge in [0.25, 0.3) is 0 Å². The number of carbonyl (C=O) groups is 2. The van der Waals surface area contributed by atoms with Crippen molar-refractivity contribution in [2.45, 2.75) is 26.3 Å². The SMILES string of the molecule is COc1ccc(C)cc1C(C)NC(=O)CCNC(=O)Nc1ccccc1. The van der Waals surface area contributed by atoms with Gasteiger partial charge in [0.05, 0.1) is 13.2 Å². The van der Waals surface area contributed by atoms with Gasteiger partial charge in [0.15, 0.2) is 0 Å². The Balaban J connectivity index is 1.78. The average molecular weight is 355 g/mol. The van der Waals surface area contributed by atoms with Gasteiger partial charge in [-0.3, -0.25) is 4.79 Å². The molecule has 0 spiro atoms. The monoisotopic (exact) mass is 355 g/mol. The summed E-state index contributed by atoms with van der Waals surface area (Å²) in [6, 6.07) is 14.5. The van der Waals surface area contributed by atoms with E-state index in [2.05, 4.69) is 16.0 Å². The Hall–Kier alpha value is -3.02. The van der Waals surface area contributed by atoms with Gasteiger partial charge in [-0.2, -0.15) is 0 Å². The first kappa shape index (κ1) is 19.3. The average Bonchev–Trinajstić information content (AvgIpc) is 2.62. The molecule has 3 N–H and O–H groups in total. The Morgan fingerprint density at radius 3 is 2.54 bits per heavy atom. The standard InChI is InChI=1S/C20H25N3O3/c1-14-9-10-18(26-3)17(13-14)15(2)22-19(24)11-12-21-20(25)23-16-7-5-4-6-8-16/h4-10,13,15H,11-12H2,1-3H3,(H,22,24)(H2,21,23,25). The molecule has 6 heteroatoms. The molecule has 2 aromatic rings. The first-order valence-electron chi connectivity index (χ1n) is 8.53. The summed E-state index contributed by atoms with van der Waals surface area (Å²) < 4.78 is 5.36. The van der Waals surface area contributed by atoms with Gasteiger partial charge in [0.2, 0.25) is 5.91 Å². The normalized spacial score (nSPS) is 11.3. The lowest BCUT2D eigenvalue weighted by Gasteiger charge is -2.18. The third-order valence-corrected chi connectivity index (χ3v) is 3.90. The van der Waals surface area contributed by atoms with Crippen LogP contribution in [-0.2, 0) is 4.79 Å². The molecular formula is C20H25N3O3. The molecule has 0 bridgehead atoms. The highest BCUT2D eigenvalue weighted by atomic mass is 16.5. The zero-order valence-corrected chi connectivity index (χ0v) is 15.3. The van der Waals surface area contributed by atoms with Crippen LogP contribution in [-0.4, -0.2) is 25.6 Å². The quantitative estimate of drug-likeness (QED) is 0.712. The van der Waals surface area contributed by atoms with Crippen LogP contribution in [0.1, 0.15) is 30.5 Å². The van der Waals surface area contributed by atoms with E-state index in [1.54, 1.807) is 19.2 Å². The minimum absolute atomic E-state index is 0.138. The number of hydrogen-bond acceptors (Lipinski definition) is 3. The highest BCUT2D eigenvalue weighted by molar-refractivity contribution is 5.89. The summed E-state index contributed by atoms with van der Waals surface area (Å²) >= 11 is 0. The molecule has 3 amide bonds. The minimum atomic E-state index is -0.336. The molecule has 0 aliphatic heterocycles. The molecule has 138 valence electrons. The van der Waals surface area contributed by atoms with Gasteiger partial charge >= 0.3 is 6.03 Å². The van der Waals surface area contributed by atoms with Crippen LogP contribution >= 0.6 is 0 Å². The summed E-state index contributed by atoms with van der Waals surface area (Å²) in [5.41, 5.74) is 2.73. The summed E-state index contributed by atoms with van der Waals surface area (Å²) in [7, 11) is 1.61. The third kappa shape index (κ3) is 5.81. The van der Waals surface area contributed by atoms with Crippen molar-refractivity contribution in [3.05, 3.63) is 59.7 Å². The van der Waals surface area contributed by atoms with E-state index in [1.165, 1.54) is 0 Å². The van der Waals surface area contributed by atoms with Crippen LogP contribution in [0.25, 0.3) is 0 Å². The number of para-hydroxylation sites is 1. The van der Waals surface area contributed by atoms with Crippen molar-refractivity contribution >= 4 is 17.6 Å². The predicted octanol–water partition coefficient (Wildman–Crippen LogP) is 3.39. The van der Waals surface area contributed by atoms with Gasteiger partial charge in [-0.25, -0.2) is 4.79 Å². The topological polar surface area (TPSA) is 79.5 Å². The molecule has 0 aromatic heterocycles. The van der Waals surface area contributed by atoms with Crippen LogP contribution in [0.4, 0.5) is 10.5 Å². The van der Waals surface area contributed by atoms with Crippen molar-refractivity contribution in [3.63, 3.8) is 0 Å². The maximum absolute atomic E-state index is 12.1. The number of hydrogen-bond donors (Lipinski definition) is 3. The largest absolute Gasteiger partial charge is 0.496 e. The zero-order chi connectivity index (χ0) is 18.9. The molecule has 0 fully saturated rings. The Labute approximate surface area is 153 Å². The zero-order valence-electron chi connectivity index (χ0n) is 15.3. The lowest BCUT2D eigenvalue weighted by atomic mass is 10.0. The first-order chi connectivity index (χ1) is 12.5. The maximum atomic E-state index is 12.1. The molecule has 26 heavy (non-hydrogen) atoms. The van der Waals surface area contributed by atoms with E-state index in [4.69, 9.17) is 4.74 Å². The first-order valence-corrected chi connectivity index (χ1v) is 8.53. The number of urea groups is 1. The van der Waals surface area contributed by atoms with Crippen LogP contribution in [0.2, 0.25) is 0 Å². The number of ether oxygens (including phenoxy) is 1. The Morgan fingerprint density at radius 1 is 1.12 bits per heavy atom.